The van der Waals surface area contributed by atoms with E-state index in [1.165, 1.54) is 19.3 Å². The molecule has 238 valence electrons. The minimum atomic E-state index is -0.435. The topological polar surface area (TPSA) is 105 Å². The van der Waals surface area contributed by atoms with Crippen LogP contribution in [0.3, 0.4) is 0 Å². The zero-order valence-corrected chi connectivity index (χ0v) is 27.3. The Hall–Kier alpha value is -2.90. The van der Waals surface area contributed by atoms with E-state index in [1.807, 2.05) is 74.2 Å². The van der Waals surface area contributed by atoms with Crippen molar-refractivity contribution in [2.75, 3.05) is 13.1 Å². The molecular formula is C36H49ClN4O3. The van der Waals surface area contributed by atoms with E-state index < -0.39 is 5.41 Å². The highest BCUT2D eigenvalue weighted by molar-refractivity contribution is 6.30. The molecule has 7 nitrogen and oxygen atoms in total. The number of rotatable bonds is 8. The number of halogens is 1. The molecule has 0 bridgehead atoms. The molecule has 5 rings (SSSR count). The number of piperidine rings is 1. The number of nitrogens with two attached hydrogens (primary N) is 1. The molecular weight excluding hydrogens is 572 g/mol. The molecule has 1 heterocycles. The number of carbonyl (C=O) groups excluding carboxylic acids is 3. The molecule has 0 unspecified atom stereocenters. The van der Waals surface area contributed by atoms with Crippen LogP contribution in [-0.2, 0) is 27.2 Å². The first-order valence-corrected chi connectivity index (χ1v) is 16.8. The number of fused-ring (bicyclic) bond motifs is 1. The Morgan fingerprint density at radius 2 is 1.66 bits per heavy atom. The third-order valence-corrected chi connectivity index (χ3v) is 10.4. The fourth-order valence-electron chi connectivity index (χ4n) is 7.71. The minimum Gasteiger partial charge on any atom is -0.352 e. The molecule has 2 fully saturated rings. The van der Waals surface area contributed by atoms with Crippen LogP contribution in [0.1, 0.15) is 94.9 Å². The number of likely N-dealkylation sites (tertiary alicyclic amines) is 1. The molecule has 3 amide bonds. The van der Waals surface area contributed by atoms with Crippen LogP contribution in [0.25, 0.3) is 0 Å². The number of carbonyl (C=O) groups is 3. The second-order valence-electron chi connectivity index (χ2n) is 14.4. The lowest BCUT2D eigenvalue weighted by atomic mass is 9.63. The van der Waals surface area contributed by atoms with Crippen LogP contribution in [0, 0.1) is 17.3 Å². The van der Waals surface area contributed by atoms with Crippen molar-refractivity contribution in [2.45, 2.75) is 103 Å². The highest BCUT2D eigenvalue weighted by atomic mass is 35.5. The first-order valence-electron chi connectivity index (χ1n) is 16.4. The van der Waals surface area contributed by atoms with E-state index in [1.54, 1.807) is 0 Å². The molecule has 8 heteroatoms. The standard InChI is InChI=1S/C36H49ClN4O3/c1-35(2,3)40-34(44)36(26-10-5-4-6-11-26)17-19-41(20-18-36)31(42)23-28(21-24-13-15-27(37)16-14-24)39-33(43)30-22-25-9-7-8-12-29(25)32(30)38/h7-9,12-16,26,28,30,32H,4-6,10-11,17-23,38H2,1-3H3,(H,39,43)(H,40,44)/t28-,30-,32+/m0/s1. The molecule has 2 aliphatic carbocycles. The summed E-state index contributed by atoms with van der Waals surface area (Å²) in [6.45, 7) is 7.20. The normalized spacial score (nSPS) is 22.6. The van der Waals surface area contributed by atoms with Gasteiger partial charge in [0.1, 0.15) is 0 Å². The Bertz CT molecular complexity index is 1320. The third-order valence-electron chi connectivity index (χ3n) is 10.1. The Morgan fingerprint density at radius 3 is 2.30 bits per heavy atom. The average Bonchev–Trinajstić information content (AvgIpc) is 3.34. The lowest BCUT2D eigenvalue weighted by molar-refractivity contribution is -0.146. The van der Waals surface area contributed by atoms with Crippen LogP contribution in [0.5, 0.6) is 0 Å². The van der Waals surface area contributed by atoms with E-state index in [-0.39, 0.29) is 47.7 Å². The highest BCUT2D eigenvalue weighted by Crippen LogP contribution is 2.46. The largest absolute Gasteiger partial charge is 0.352 e. The predicted molar refractivity (Wildman–Crippen MR) is 175 cm³/mol. The predicted octanol–water partition coefficient (Wildman–Crippen LogP) is 5.73. The molecule has 2 aromatic rings. The second-order valence-corrected chi connectivity index (χ2v) is 14.8. The van der Waals surface area contributed by atoms with Gasteiger partial charge in [-0.25, -0.2) is 0 Å². The van der Waals surface area contributed by atoms with Gasteiger partial charge in [-0.1, -0.05) is 67.3 Å². The molecule has 1 aliphatic heterocycles. The second kappa shape index (κ2) is 13.6. The highest BCUT2D eigenvalue weighted by Gasteiger charge is 2.48. The molecule has 0 radical (unpaired) electrons. The van der Waals surface area contributed by atoms with Gasteiger partial charge in [-0.05, 0) is 94.0 Å². The van der Waals surface area contributed by atoms with Crippen molar-refractivity contribution in [1.82, 2.24) is 15.5 Å². The number of hydrogen-bond donors (Lipinski definition) is 3. The smallest absolute Gasteiger partial charge is 0.227 e. The summed E-state index contributed by atoms with van der Waals surface area (Å²) >= 11 is 6.13. The Balaban J connectivity index is 1.27. The van der Waals surface area contributed by atoms with E-state index >= 15 is 0 Å². The van der Waals surface area contributed by atoms with E-state index in [2.05, 4.69) is 10.6 Å². The van der Waals surface area contributed by atoms with Crippen molar-refractivity contribution in [3.05, 3.63) is 70.2 Å². The summed E-state index contributed by atoms with van der Waals surface area (Å²) in [5, 5.41) is 7.13. The van der Waals surface area contributed by atoms with E-state index in [4.69, 9.17) is 17.3 Å². The summed E-state index contributed by atoms with van der Waals surface area (Å²) in [5.41, 5.74) is 8.91. The maximum atomic E-state index is 13.8. The molecule has 3 atom stereocenters. The molecule has 1 saturated carbocycles. The van der Waals surface area contributed by atoms with E-state index in [9.17, 15) is 14.4 Å². The Morgan fingerprint density at radius 1 is 1.00 bits per heavy atom. The van der Waals surface area contributed by atoms with Crippen LogP contribution in [-0.4, -0.2) is 47.3 Å². The average molecular weight is 621 g/mol. The van der Waals surface area contributed by atoms with Gasteiger partial charge in [0.25, 0.3) is 0 Å². The first-order chi connectivity index (χ1) is 20.9. The SMILES string of the molecule is CC(C)(C)NC(=O)C1(C2CCCCC2)CCN(C(=O)C[C@H](Cc2ccc(Cl)cc2)NC(=O)[C@H]2Cc3ccccc3[C@H]2N)CC1. The first kappa shape index (κ1) is 32.5. The number of nitrogens with zero attached hydrogens (tertiary/aromatic N) is 1. The van der Waals surface area contributed by atoms with Gasteiger partial charge in [-0.3, -0.25) is 14.4 Å². The summed E-state index contributed by atoms with van der Waals surface area (Å²) in [6.07, 6.45) is 8.36. The van der Waals surface area contributed by atoms with Crippen molar-refractivity contribution in [3.63, 3.8) is 0 Å². The summed E-state index contributed by atoms with van der Waals surface area (Å²) < 4.78 is 0. The molecule has 4 N–H and O–H groups in total. The van der Waals surface area contributed by atoms with Gasteiger partial charge >= 0.3 is 0 Å². The molecule has 1 saturated heterocycles. The fourth-order valence-corrected chi connectivity index (χ4v) is 7.83. The number of hydrogen-bond acceptors (Lipinski definition) is 4. The maximum Gasteiger partial charge on any atom is 0.227 e. The minimum absolute atomic E-state index is 0.0109. The summed E-state index contributed by atoms with van der Waals surface area (Å²) in [5.74, 6) is 0.0203. The van der Waals surface area contributed by atoms with Crippen molar-refractivity contribution in [2.24, 2.45) is 23.0 Å². The van der Waals surface area contributed by atoms with Gasteiger partial charge in [0.15, 0.2) is 0 Å². The monoisotopic (exact) mass is 620 g/mol. The van der Waals surface area contributed by atoms with Gasteiger partial charge < -0.3 is 21.3 Å². The van der Waals surface area contributed by atoms with Crippen LogP contribution >= 0.6 is 11.6 Å². The quantitative estimate of drug-likeness (QED) is 0.350. The van der Waals surface area contributed by atoms with Crippen molar-refractivity contribution >= 4 is 29.3 Å². The van der Waals surface area contributed by atoms with E-state index in [0.29, 0.717) is 49.7 Å². The van der Waals surface area contributed by atoms with Gasteiger partial charge in [-0.15, -0.1) is 0 Å². The lowest BCUT2D eigenvalue weighted by Gasteiger charge is -2.47. The zero-order chi connectivity index (χ0) is 31.5. The molecule has 2 aromatic carbocycles. The van der Waals surface area contributed by atoms with Gasteiger partial charge in [0.05, 0.1) is 11.3 Å². The van der Waals surface area contributed by atoms with E-state index in [0.717, 1.165) is 29.5 Å². The summed E-state index contributed by atoms with van der Waals surface area (Å²) in [6, 6.07) is 14.7. The molecule has 0 spiro atoms. The maximum absolute atomic E-state index is 13.8. The Kier molecular flexibility index (Phi) is 10.1. The Labute approximate surface area is 267 Å². The van der Waals surface area contributed by atoms with Gasteiger partial charge in [0, 0.05) is 42.2 Å². The van der Waals surface area contributed by atoms with Crippen LogP contribution < -0.4 is 16.4 Å². The van der Waals surface area contributed by atoms with Crippen LogP contribution in [0.15, 0.2) is 48.5 Å². The molecule has 44 heavy (non-hydrogen) atoms. The number of amides is 3. The summed E-state index contributed by atoms with van der Waals surface area (Å²) in [7, 11) is 0. The zero-order valence-electron chi connectivity index (χ0n) is 26.5. The number of nitrogens with one attached hydrogen (secondary N) is 2. The molecule has 0 aromatic heterocycles. The van der Waals surface area contributed by atoms with Gasteiger partial charge in [0.2, 0.25) is 17.7 Å². The third kappa shape index (κ3) is 7.48. The van der Waals surface area contributed by atoms with Crippen LogP contribution in [0.4, 0.5) is 0 Å². The lowest BCUT2D eigenvalue weighted by Crippen LogP contribution is -2.57. The van der Waals surface area contributed by atoms with Crippen LogP contribution in [0.2, 0.25) is 5.02 Å². The van der Waals surface area contributed by atoms with Gasteiger partial charge in [-0.2, -0.15) is 0 Å². The fraction of sp³-hybridized carbons (Fsp3) is 0.583. The molecule has 3 aliphatic rings. The van der Waals surface area contributed by atoms with Crippen molar-refractivity contribution in [1.29, 1.82) is 0 Å². The van der Waals surface area contributed by atoms with Crippen molar-refractivity contribution < 1.29 is 14.4 Å². The summed E-state index contributed by atoms with van der Waals surface area (Å²) in [4.78, 5) is 43.1. The number of benzene rings is 2. The van der Waals surface area contributed by atoms with Crippen molar-refractivity contribution in [3.8, 4) is 0 Å².